The number of carbonyl (C=O) groups is 1. The number of benzene rings is 2. The number of piperidine rings is 1. The van der Waals surface area contributed by atoms with Gasteiger partial charge in [-0.05, 0) is 97.1 Å². The number of carbonyl (C=O) groups excluding carboxylic acids is 1. The first-order valence-corrected chi connectivity index (χ1v) is 17.3. The number of nitrogens with one attached hydrogen (secondary N) is 5. The maximum absolute atomic E-state index is 14.7. The van der Waals surface area contributed by atoms with Crippen LogP contribution in [0, 0.1) is 11.7 Å². The van der Waals surface area contributed by atoms with Gasteiger partial charge in [-0.3, -0.25) is 14.9 Å². The van der Waals surface area contributed by atoms with Crippen LogP contribution in [0.5, 0.6) is 0 Å². The SMILES string of the molecule is CS(=O)(=O)NCc1cc(F)cc(-c2cccc3[nH]c(-c4n[nH]c5ccc(-c6cncc(NC(=O)CC7CCNCC7)c6)nc45)cc23)c1. The lowest BCUT2D eigenvalue weighted by Gasteiger charge is -2.21. The van der Waals surface area contributed by atoms with Crippen LogP contribution in [0.15, 0.2) is 73.1 Å². The Balaban J connectivity index is 1.18. The summed E-state index contributed by atoms with van der Waals surface area (Å²) in [5.74, 6) is -0.0997. The maximum atomic E-state index is 14.7. The number of hydrogen-bond acceptors (Lipinski definition) is 7. The number of aromatic amines is 2. The monoisotopic (exact) mass is 652 g/mol. The molecule has 6 aromatic rings. The Bertz CT molecular complexity index is 2220. The van der Waals surface area contributed by atoms with E-state index < -0.39 is 15.8 Å². The van der Waals surface area contributed by atoms with Gasteiger partial charge in [0.25, 0.3) is 0 Å². The van der Waals surface area contributed by atoms with E-state index in [0.717, 1.165) is 65.4 Å². The van der Waals surface area contributed by atoms with Crippen LogP contribution in [0.4, 0.5) is 10.1 Å². The molecule has 7 rings (SSSR count). The molecule has 1 amide bonds. The molecule has 0 unspecified atom stereocenters. The molecule has 240 valence electrons. The van der Waals surface area contributed by atoms with Crippen LogP contribution >= 0.6 is 0 Å². The van der Waals surface area contributed by atoms with Crippen molar-refractivity contribution >= 4 is 43.6 Å². The summed E-state index contributed by atoms with van der Waals surface area (Å²) < 4.78 is 40.3. The lowest BCUT2D eigenvalue weighted by Crippen LogP contribution is -2.30. The lowest BCUT2D eigenvalue weighted by atomic mass is 9.94. The molecule has 4 aromatic heterocycles. The lowest BCUT2D eigenvalue weighted by molar-refractivity contribution is -0.117. The van der Waals surface area contributed by atoms with Crippen molar-refractivity contribution < 1.29 is 17.6 Å². The minimum absolute atomic E-state index is 0.0189. The zero-order chi connectivity index (χ0) is 32.5. The van der Waals surface area contributed by atoms with Crippen molar-refractivity contribution in [2.45, 2.75) is 25.8 Å². The van der Waals surface area contributed by atoms with E-state index in [2.05, 4.69) is 35.5 Å². The molecule has 1 aliphatic rings. The highest BCUT2D eigenvalue weighted by atomic mass is 32.2. The Morgan fingerprint density at radius 1 is 1.00 bits per heavy atom. The second-order valence-corrected chi connectivity index (χ2v) is 13.8. The Morgan fingerprint density at radius 3 is 2.68 bits per heavy atom. The van der Waals surface area contributed by atoms with Gasteiger partial charge in [0.05, 0.1) is 35.0 Å². The molecule has 0 spiro atoms. The number of hydrogen-bond donors (Lipinski definition) is 5. The van der Waals surface area contributed by atoms with Gasteiger partial charge in [0.15, 0.2) is 0 Å². The van der Waals surface area contributed by atoms with E-state index in [0.29, 0.717) is 46.1 Å². The van der Waals surface area contributed by atoms with Gasteiger partial charge in [-0.25, -0.2) is 22.5 Å². The molecule has 0 atom stereocenters. The third kappa shape index (κ3) is 6.92. The van der Waals surface area contributed by atoms with Crippen molar-refractivity contribution in [1.82, 2.24) is 35.2 Å². The van der Waals surface area contributed by atoms with Crippen molar-refractivity contribution in [2.24, 2.45) is 5.92 Å². The quantitative estimate of drug-likeness (QED) is 0.141. The number of halogens is 1. The fraction of sp³-hybridized carbons (Fsp3) is 0.235. The van der Waals surface area contributed by atoms with E-state index >= 15 is 0 Å². The summed E-state index contributed by atoms with van der Waals surface area (Å²) >= 11 is 0. The second-order valence-electron chi connectivity index (χ2n) is 12.0. The molecule has 47 heavy (non-hydrogen) atoms. The number of pyridine rings is 2. The Hall–Kier alpha value is -4.98. The smallest absolute Gasteiger partial charge is 0.224 e. The molecular formula is C34H33FN8O3S. The predicted octanol–water partition coefficient (Wildman–Crippen LogP) is 5.35. The van der Waals surface area contributed by atoms with Crippen LogP contribution in [0.25, 0.3) is 55.7 Å². The van der Waals surface area contributed by atoms with E-state index in [1.165, 1.54) is 12.1 Å². The third-order valence-electron chi connectivity index (χ3n) is 8.38. The number of aromatic nitrogens is 5. The predicted molar refractivity (Wildman–Crippen MR) is 180 cm³/mol. The summed E-state index contributed by atoms with van der Waals surface area (Å²) in [6.07, 6.45) is 6.90. The number of nitrogens with zero attached hydrogens (tertiary/aromatic N) is 3. The Kier molecular flexibility index (Phi) is 8.26. The molecular weight excluding hydrogens is 619 g/mol. The van der Waals surface area contributed by atoms with Crippen molar-refractivity contribution in [3.05, 3.63) is 84.4 Å². The topological polar surface area (TPSA) is 158 Å². The van der Waals surface area contributed by atoms with Crippen LogP contribution in [-0.4, -0.2) is 58.8 Å². The van der Waals surface area contributed by atoms with E-state index in [1.807, 2.05) is 42.5 Å². The maximum Gasteiger partial charge on any atom is 0.224 e. The molecule has 1 fully saturated rings. The number of fused-ring (bicyclic) bond motifs is 2. The summed E-state index contributed by atoms with van der Waals surface area (Å²) in [5, 5.41) is 14.8. The van der Waals surface area contributed by atoms with Gasteiger partial charge in [0.2, 0.25) is 15.9 Å². The Labute approximate surface area is 270 Å². The summed E-state index contributed by atoms with van der Waals surface area (Å²) in [6, 6.07) is 17.8. The highest BCUT2D eigenvalue weighted by Gasteiger charge is 2.19. The molecule has 1 aliphatic heterocycles. The van der Waals surface area contributed by atoms with Gasteiger partial charge in [0.1, 0.15) is 17.0 Å². The molecule has 5 N–H and O–H groups in total. The fourth-order valence-electron chi connectivity index (χ4n) is 6.11. The minimum Gasteiger partial charge on any atom is -0.353 e. The van der Waals surface area contributed by atoms with Gasteiger partial charge >= 0.3 is 0 Å². The van der Waals surface area contributed by atoms with E-state index in [-0.39, 0.29) is 12.5 Å². The van der Waals surface area contributed by atoms with E-state index in [1.54, 1.807) is 18.5 Å². The Morgan fingerprint density at radius 2 is 1.85 bits per heavy atom. The van der Waals surface area contributed by atoms with Crippen LogP contribution in [0.3, 0.4) is 0 Å². The summed E-state index contributed by atoms with van der Waals surface area (Å²) in [4.78, 5) is 25.4. The van der Waals surface area contributed by atoms with E-state index in [9.17, 15) is 17.6 Å². The number of anilines is 1. The summed E-state index contributed by atoms with van der Waals surface area (Å²) in [5.41, 5.74) is 7.50. The molecule has 0 saturated carbocycles. The second kappa shape index (κ2) is 12.7. The van der Waals surface area contributed by atoms with Gasteiger partial charge in [-0.1, -0.05) is 12.1 Å². The number of amides is 1. The first-order valence-electron chi connectivity index (χ1n) is 15.4. The van der Waals surface area contributed by atoms with Crippen LogP contribution in [-0.2, 0) is 21.4 Å². The molecule has 0 aliphatic carbocycles. The van der Waals surface area contributed by atoms with Crippen LogP contribution in [0.2, 0.25) is 0 Å². The third-order valence-corrected chi connectivity index (χ3v) is 9.05. The largest absolute Gasteiger partial charge is 0.353 e. The normalized spacial score (nSPS) is 14.2. The standard InChI is InChI=1S/C34H33FN8O3S/c1-47(45,46)38-17-21-11-22(14-24(35)12-21)26-3-2-4-29-27(26)16-31(40-29)34-33-30(42-43-34)6-5-28(41-33)23-15-25(19-37-18-23)39-32(44)13-20-7-9-36-10-8-20/h2-6,11-12,14-16,18-20,36,38,40H,7-10,13,17H2,1H3,(H,39,44)(H,42,43). The van der Waals surface area contributed by atoms with Gasteiger partial charge in [-0.15, -0.1) is 0 Å². The zero-order valence-corrected chi connectivity index (χ0v) is 26.4. The molecule has 1 saturated heterocycles. The molecule has 13 heteroatoms. The van der Waals surface area contributed by atoms with Crippen LogP contribution in [0.1, 0.15) is 24.8 Å². The van der Waals surface area contributed by atoms with Gasteiger partial charge in [0, 0.05) is 35.6 Å². The number of sulfonamides is 1. The zero-order valence-electron chi connectivity index (χ0n) is 25.6. The average Bonchev–Trinajstić information content (AvgIpc) is 3.68. The average molecular weight is 653 g/mol. The van der Waals surface area contributed by atoms with Gasteiger partial charge in [-0.2, -0.15) is 5.10 Å². The van der Waals surface area contributed by atoms with Crippen molar-refractivity contribution in [3.8, 4) is 33.8 Å². The first kappa shape index (κ1) is 30.7. The molecule has 5 heterocycles. The molecule has 11 nitrogen and oxygen atoms in total. The van der Waals surface area contributed by atoms with Crippen LogP contribution < -0.4 is 15.4 Å². The van der Waals surface area contributed by atoms with Crippen molar-refractivity contribution in [3.63, 3.8) is 0 Å². The number of rotatable bonds is 9. The highest BCUT2D eigenvalue weighted by Crippen LogP contribution is 2.35. The first-order chi connectivity index (χ1) is 22.7. The fourth-order valence-corrected chi connectivity index (χ4v) is 6.54. The van der Waals surface area contributed by atoms with Gasteiger partial charge < -0.3 is 15.6 Å². The van der Waals surface area contributed by atoms with E-state index in [4.69, 9.17) is 4.98 Å². The summed E-state index contributed by atoms with van der Waals surface area (Å²) in [7, 11) is -3.44. The number of H-pyrrole nitrogens is 2. The molecule has 0 bridgehead atoms. The van der Waals surface area contributed by atoms with Crippen molar-refractivity contribution in [1.29, 1.82) is 0 Å². The molecule has 2 aromatic carbocycles. The minimum atomic E-state index is -3.44. The van der Waals surface area contributed by atoms with Crippen molar-refractivity contribution in [2.75, 3.05) is 24.7 Å². The highest BCUT2D eigenvalue weighted by molar-refractivity contribution is 7.88. The molecule has 0 radical (unpaired) electrons. The summed E-state index contributed by atoms with van der Waals surface area (Å²) in [6.45, 7) is 1.87.